The predicted octanol–water partition coefficient (Wildman–Crippen LogP) is -0.0391. The van der Waals surface area contributed by atoms with Crippen molar-refractivity contribution in [2.75, 3.05) is 13.6 Å². The minimum Gasteiger partial charge on any atom is -0.313 e. The molecule has 7 heavy (non-hydrogen) atoms. The summed E-state index contributed by atoms with van der Waals surface area (Å²) >= 11 is 0. The fourth-order valence-electron chi connectivity index (χ4n) is 0.246. The van der Waals surface area contributed by atoms with Gasteiger partial charge in [0, 0.05) is 0 Å². The zero-order valence-corrected chi connectivity index (χ0v) is 4.40. The molecule has 1 N–H and O–H groups in total. The molecule has 0 aromatic heterocycles. The zero-order chi connectivity index (χ0) is 5.70. The third kappa shape index (κ3) is 3.19. The Kier molecular flexibility index (Phi) is 3.24. The molecule has 0 heterocycles. The first-order chi connectivity index (χ1) is 3.31. The van der Waals surface area contributed by atoms with E-state index in [0.717, 1.165) is 0 Å². The average molecular weight is 99.1 g/mol. The third-order valence-electron chi connectivity index (χ3n) is 0.579. The van der Waals surface area contributed by atoms with Gasteiger partial charge in [0.05, 0.1) is 6.54 Å². The van der Waals surface area contributed by atoms with E-state index >= 15 is 0 Å². The maximum absolute atomic E-state index is 10.2. The SMILES string of the molecule is C=CC(=O)CNC. The van der Waals surface area contributed by atoms with Gasteiger partial charge in [0.2, 0.25) is 0 Å². The number of likely N-dealkylation sites (N-methyl/N-ethyl adjacent to an activating group) is 1. The third-order valence-corrected chi connectivity index (χ3v) is 0.579. The Morgan fingerprint density at radius 1 is 2.00 bits per heavy atom. The van der Waals surface area contributed by atoms with Crippen molar-refractivity contribution in [2.24, 2.45) is 0 Å². The Balaban J connectivity index is 3.17. The number of rotatable bonds is 3. The monoisotopic (exact) mass is 99.1 g/mol. The van der Waals surface area contributed by atoms with Gasteiger partial charge >= 0.3 is 0 Å². The summed E-state index contributed by atoms with van der Waals surface area (Å²) in [5, 5.41) is 2.70. The van der Waals surface area contributed by atoms with Crippen LogP contribution in [0.5, 0.6) is 0 Å². The molecule has 0 atom stereocenters. The largest absolute Gasteiger partial charge is 0.313 e. The van der Waals surface area contributed by atoms with E-state index in [1.165, 1.54) is 6.08 Å². The van der Waals surface area contributed by atoms with Crippen molar-refractivity contribution in [1.29, 1.82) is 0 Å². The fourth-order valence-corrected chi connectivity index (χ4v) is 0.246. The highest BCUT2D eigenvalue weighted by molar-refractivity contribution is 5.90. The van der Waals surface area contributed by atoms with E-state index in [2.05, 4.69) is 11.9 Å². The summed E-state index contributed by atoms with van der Waals surface area (Å²) in [5.74, 6) is 0.0301. The van der Waals surface area contributed by atoms with Crippen molar-refractivity contribution in [2.45, 2.75) is 0 Å². The highest BCUT2D eigenvalue weighted by Gasteiger charge is 1.86. The molecule has 0 bridgehead atoms. The molecule has 40 valence electrons. The molecular weight excluding hydrogens is 90.1 g/mol. The van der Waals surface area contributed by atoms with Gasteiger partial charge in [0.1, 0.15) is 0 Å². The van der Waals surface area contributed by atoms with Gasteiger partial charge in [-0.25, -0.2) is 0 Å². The van der Waals surface area contributed by atoms with Crippen molar-refractivity contribution < 1.29 is 4.79 Å². The van der Waals surface area contributed by atoms with Gasteiger partial charge in [0.25, 0.3) is 0 Å². The molecule has 2 heteroatoms. The van der Waals surface area contributed by atoms with E-state index < -0.39 is 0 Å². The second-order valence-electron chi connectivity index (χ2n) is 1.20. The Bertz CT molecular complexity index is 78.1. The number of carbonyl (C=O) groups is 1. The molecule has 0 saturated heterocycles. The van der Waals surface area contributed by atoms with Gasteiger partial charge in [-0.15, -0.1) is 0 Å². The number of ketones is 1. The Morgan fingerprint density at radius 2 is 2.57 bits per heavy atom. The lowest BCUT2D eigenvalue weighted by Gasteiger charge is -1.86. The van der Waals surface area contributed by atoms with Crippen LogP contribution in [0.3, 0.4) is 0 Å². The van der Waals surface area contributed by atoms with E-state index in [1.807, 2.05) is 0 Å². The Morgan fingerprint density at radius 3 is 2.71 bits per heavy atom. The van der Waals surface area contributed by atoms with E-state index in [1.54, 1.807) is 7.05 Å². The van der Waals surface area contributed by atoms with Crippen LogP contribution in [0.4, 0.5) is 0 Å². The first kappa shape index (κ1) is 6.37. The van der Waals surface area contributed by atoms with Gasteiger partial charge < -0.3 is 5.32 Å². The van der Waals surface area contributed by atoms with Crippen molar-refractivity contribution >= 4 is 5.78 Å². The minimum absolute atomic E-state index is 0.0301. The van der Waals surface area contributed by atoms with Crippen molar-refractivity contribution in [3.63, 3.8) is 0 Å². The van der Waals surface area contributed by atoms with Crippen molar-refractivity contribution in [1.82, 2.24) is 5.32 Å². The molecule has 0 unspecified atom stereocenters. The second-order valence-corrected chi connectivity index (χ2v) is 1.20. The highest BCUT2D eigenvalue weighted by Crippen LogP contribution is 1.65. The molecule has 0 spiro atoms. The molecule has 0 aliphatic heterocycles. The lowest BCUT2D eigenvalue weighted by Crippen LogP contribution is -2.15. The van der Waals surface area contributed by atoms with E-state index in [4.69, 9.17) is 0 Å². The summed E-state index contributed by atoms with van der Waals surface area (Å²) in [4.78, 5) is 10.2. The Labute approximate surface area is 43.2 Å². The van der Waals surface area contributed by atoms with Gasteiger partial charge in [-0.2, -0.15) is 0 Å². The van der Waals surface area contributed by atoms with Gasteiger partial charge in [-0.05, 0) is 13.1 Å². The summed E-state index contributed by atoms with van der Waals surface area (Å²) in [6.07, 6.45) is 1.30. The molecular formula is C5H9NO. The molecule has 0 radical (unpaired) electrons. The predicted molar refractivity (Wildman–Crippen MR) is 29.1 cm³/mol. The lowest BCUT2D eigenvalue weighted by atomic mass is 10.4. The van der Waals surface area contributed by atoms with Crippen molar-refractivity contribution in [3.05, 3.63) is 12.7 Å². The quantitative estimate of drug-likeness (QED) is 0.503. The van der Waals surface area contributed by atoms with E-state index in [9.17, 15) is 4.79 Å². The summed E-state index contributed by atoms with van der Waals surface area (Å²) in [6, 6.07) is 0. The van der Waals surface area contributed by atoms with Crippen LogP contribution in [0.1, 0.15) is 0 Å². The van der Waals surface area contributed by atoms with Crippen molar-refractivity contribution in [3.8, 4) is 0 Å². The van der Waals surface area contributed by atoms with E-state index in [0.29, 0.717) is 6.54 Å². The summed E-state index contributed by atoms with van der Waals surface area (Å²) < 4.78 is 0. The smallest absolute Gasteiger partial charge is 0.168 e. The maximum Gasteiger partial charge on any atom is 0.168 e. The second kappa shape index (κ2) is 3.56. The van der Waals surface area contributed by atoms with Gasteiger partial charge in [-0.1, -0.05) is 6.58 Å². The molecule has 0 aromatic rings. The first-order valence-corrected chi connectivity index (χ1v) is 2.11. The number of nitrogens with one attached hydrogen (secondary N) is 1. The zero-order valence-electron chi connectivity index (χ0n) is 4.40. The molecule has 0 amide bonds. The van der Waals surface area contributed by atoms with Crippen LogP contribution < -0.4 is 5.32 Å². The highest BCUT2D eigenvalue weighted by atomic mass is 16.1. The van der Waals surface area contributed by atoms with Crippen LogP contribution in [0, 0.1) is 0 Å². The molecule has 0 aliphatic carbocycles. The Hall–Kier alpha value is -0.630. The summed E-state index contributed by atoms with van der Waals surface area (Å²) in [7, 11) is 1.72. The number of carbonyl (C=O) groups excluding carboxylic acids is 1. The molecule has 0 fully saturated rings. The minimum atomic E-state index is 0.0301. The van der Waals surface area contributed by atoms with Gasteiger partial charge in [0.15, 0.2) is 5.78 Å². The average Bonchev–Trinajstić information content (AvgIpc) is 1.68. The van der Waals surface area contributed by atoms with Crippen LogP contribution in [-0.2, 0) is 4.79 Å². The van der Waals surface area contributed by atoms with Gasteiger partial charge in [-0.3, -0.25) is 4.79 Å². The number of hydrogen-bond acceptors (Lipinski definition) is 2. The molecule has 2 nitrogen and oxygen atoms in total. The van der Waals surface area contributed by atoms with E-state index in [-0.39, 0.29) is 5.78 Å². The number of hydrogen-bond donors (Lipinski definition) is 1. The van der Waals surface area contributed by atoms with Crippen LogP contribution in [0.25, 0.3) is 0 Å². The molecule has 0 aromatic carbocycles. The normalized spacial score (nSPS) is 8.14. The summed E-state index contributed by atoms with van der Waals surface area (Å²) in [5.41, 5.74) is 0. The summed E-state index contributed by atoms with van der Waals surface area (Å²) in [6.45, 7) is 3.68. The topological polar surface area (TPSA) is 29.1 Å². The van der Waals surface area contributed by atoms with Crippen LogP contribution >= 0.6 is 0 Å². The van der Waals surface area contributed by atoms with Crippen LogP contribution in [0.2, 0.25) is 0 Å². The molecule has 0 rings (SSSR count). The van der Waals surface area contributed by atoms with Crippen LogP contribution in [-0.4, -0.2) is 19.4 Å². The molecule has 0 saturated carbocycles. The first-order valence-electron chi connectivity index (χ1n) is 2.11. The lowest BCUT2D eigenvalue weighted by molar-refractivity contribution is -0.113. The maximum atomic E-state index is 10.2. The fraction of sp³-hybridized carbons (Fsp3) is 0.400. The molecule has 0 aliphatic rings. The standard InChI is InChI=1S/C5H9NO/c1-3-5(7)4-6-2/h3,6H,1,4H2,2H3. The van der Waals surface area contributed by atoms with Crippen LogP contribution in [0.15, 0.2) is 12.7 Å².